The highest BCUT2D eigenvalue weighted by Gasteiger charge is 2.32. The molecule has 0 aromatic carbocycles. The number of hydrogen-bond acceptors (Lipinski definition) is 3. The van der Waals surface area contributed by atoms with E-state index in [1.54, 1.807) is 0 Å². The first-order valence-corrected chi connectivity index (χ1v) is 10.9. The van der Waals surface area contributed by atoms with E-state index in [1.807, 2.05) is 0 Å². The van der Waals surface area contributed by atoms with Crippen molar-refractivity contribution in [2.24, 2.45) is 0 Å². The third-order valence-corrected chi connectivity index (χ3v) is 6.57. The van der Waals surface area contributed by atoms with Crippen LogP contribution < -0.4 is 5.32 Å². The number of likely N-dealkylation sites (tertiary alicyclic amines) is 1. The lowest BCUT2D eigenvalue weighted by molar-refractivity contribution is 0.0753. The Labute approximate surface area is 157 Å². The number of nitrogens with one attached hydrogen (secondary N) is 1. The van der Waals surface area contributed by atoms with Crippen molar-refractivity contribution in [1.82, 2.24) is 20.0 Å². The van der Waals surface area contributed by atoms with Gasteiger partial charge in [-0.25, -0.2) is 0 Å². The molecule has 2 aliphatic carbocycles. The number of rotatable bonds is 4. The van der Waals surface area contributed by atoms with Crippen LogP contribution in [0.1, 0.15) is 86.5 Å². The van der Waals surface area contributed by atoms with E-state index in [0.717, 1.165) is 51.0 Å². The van der Waals surface area contributed by atoms with Gasteiger partial charge in [0.1, 0.15) is 0 Å². The number of aryl methyl sites for hydroxylation is 1. The Kier molecular flexibility index (Phi) is 5.63. The molecular weight excluding hydrogens is 324 g/mol. The number of carbonyl (C=O) groups is 1. The number of fused-ring (bicyclic) bond motifs is 1. The molecule has 1 saturated heterocycles. The minimum atomic E-state index is 0.178. The highest BCUT2D eigenvalue weighted by molar-refractivity contribution is 5.94. The molecule has 1 N–H and O–H groups in total. The first-order valence-electron chi connectivity index (χ1n) is 10.9. The minimum Gasteiger partial charge on any atom is -0.337 e. The lowest BCUT2D eigenvalue weighted by atomic mass is 9.90. The molecule has 1 amide bonds. The van der Waals surface area contributed by atoms with Gasteiger partial charge in [0, 0.05) is 43.0 Å². The van der Waals surface area contributed by atoms with Gasteiger partial charge in [-0.3, -0.25) is 9.48 Å². The molecule has 0 spiro atoms. The topological polar surface area (TPSA) is 50.2 Å². The fourth-order valence-electron chi connectivity index (χ4n) is 5.11. The maximum Gasteiger partial charge on any atom is 0.274 e. The second-order valence-electron chi connectivity index (χ2n) is 8.38. The van der Waals surface area contributed by atoms with Crippen molar-refractivity contribution in [2.45, 2.75) is 96.2 Å². The zero-order valence-corrected chi connectivity index (χ0v) is 16.3. The van der Waals surface area contributed by atoms with Crippen molar-refractivity contribution in [2.75, 3.05) is 13.1 Å². The molecule has 0 unspecified atom stereocenters. The molecule has 26 heavy (non-hydrogen) atoms. The van der Waals surface area contributed by atoms with E-state index in [0.29, 0.717) is 12.1 Å². The molecule has 2 fully saturated rings. The number of aromatic nitrogens is 2. The number of carbonyl (C=O) groups excluding carboxylic acids is 1. The zero-order chi connectivity index (χ0) is 17.9. The Morgan fingerprint density at radius 2 is 1.77 bits per heavy atom. The van der Waals surface area contributed by atoms with E-state index in [4.69, 9.17) is 5.10 Å². The molecule has 5 heteroatoms. The number of nitrogens with zero attached hydrogens (tertiary/aromatic N) is 3. The summed E-state index contributed by atoms with van der Waals surface area (Å²) in [5, 5.41) is 8.66. The van der Waals surface area contributed by atoms with Crippen LogP contribution in [0.25, 0.3) is 0 Å². The predicted molar refractivity (Wildman–Crippen MR) is 103 cm³/mol. The van der Waals surface area contributed by atoms with Crippen LogP contribution in [0.5, 0.6) is 0 Å². The summed E-state index contributed by atoms with van der Waals surface area (Å²) in [7, 11) is 0. The molecule has 1 aromatic rings. The third-order valence-electron chi connectivity index (χ3n) is 6.57. The molecule has 0 bridgehead atoms. The Morgan fingerprint density at radius 1 is 1.04 bits per heavy atom. The summed E-state index contributed by atoms with van der Waals surface area (Å²) in [6.45, 7) is 4.79. The van der Waals surface area contributed by atoms with E-state index >= 15 is 0 Å². The molecule has 1 aliphatic heterocycles. The van der Waals surface area contributed by atoms with Crippen molar-refractivity contribution in [3.63, 3.8) is 0 Å². The smallest absolute Gasteiger partial charge is 0.274 e. The van der Waals surface area contributed by atoms with Gasteiger partial charge >= 0.3 is 0 Å². The summed E-state index contributed by atoms with van der Waals surface area (Å²) in [5.74, 6) is 0.178. The van der Waals surface area contributed by atoms with Gasteiger partial charge in [0.05, 0.1) is 0 Å². The summed E-state index contributed by atoms with van der Waals surface area (Å²) in [4.78, 5) is 15.3. The summed E-state index contributed by atoms with van der Waals surface area (Å²) in [5.41, 5.74) is 3.31. The van der Waals surface area contributed by atoms with Gasteiger partial charge < -0.3 is 10.2 Å². The van der Waals surface area contributed by atoms with Crippen molar-refractivity contribution in [3.05, 3.63) is 17.0 Å². The summed E-state index contributed by atoms with van der Waals surface area (Å²) >= 11 is 0. The maximum atomic E-state index is 13.2. The molecule has 1 atom stereocenters. The second kappa shape index (κ2) is 8.12. The normalized spacial score (nSPS) is 24.5. The zero-order valence-electron chi connectivity index (χ0n) is 16.3. The van der Waals surface area contributed by atoms with Crippen molar-refractivity contribution >= 4 is 5.91 Å². The molecule has 2 heterocycles. The average molecular weight is 359 g/mol. The van der Waals surface area contributed by atoms with E-state index < -0.39 is 0 Å². The molecule has 1 aromatic heterocycles. The standard InChI is InChI=1S/C21H34N4O/c1-2-25-19-12-11-17(22-16-9-5-6-10-16)15-18(19)20(23-25)21(26)24-13-7-3-4-8-14-24/h16-17,22H,2-15H2,1H3/t17-/m0/s1. The average Bonchev–Trinajstić information content (AvgIpc) is 3.20. The maximum absolute atomic E-state index is 13.2. The lowest BCUT2D eigenvalue weighted by Gasteiger charge is -2.28. The third kappa shape index (κ3) is 3.68. The van der Waals surface area contributed by atoms with Gasteiger partial charge in [-0.05, 0) is 51.9 Å². The van der Waals surface area contributed by atoms with Gasteiger partial charge in [-0.1, -0.05) is 25.7 Å². The molecule has 0 radical (unpaired) electrons. The van der Waals surface area contributed by atoms with E-state index in [1.165, 1.54) is 56.2 Å². The monoisotopic (exact) mass is 358 g/mol. The summed E-state index contributed by atoms with van der Waals surface area (Å²) < 4.78 is 2.09. The molecular formula is C21H34N4O. The van der Waals surface area contributed by atoms with Crippen molar-refractivity contribution < 1.29 is 4.79 Å². The molecule has 4 rings (SSSR count). The SMILES string of the molecule is CCn1nc(C(=O)N2CCCCCC2)c2c1CC[C@H](NC1CCCC1)C2. The van der Waals surface area contributed by atoms with Crippen LogP contribution in [0.3, 0.4) is 0 Å². The predicted octanol–water partition coefficient (Wildman–Crippen LogP) is 3.31. The van der Waals surface area contributed by atoms with E-state index in [2.05, 4.69) is 21.8 Å². The Balaban J connectivity index is 1.54. The molecule has 3 aliphatic rings. The van der Waals surface area contributed by atoms with E-state index in [9.17, 15) is 4.79 Å². The minimum absolute atomic E-state index is 0.178. The fraction of sp³-hybridized carbons (Fsp3) is 0.810. The Hall–Kier alpha value is -1.36. The van der Waals surface area contributed by atoms with Crippen molar-refractivity contribution in [1.29, 1.82) is 0 Å². The summed E-state index contributed by atoms with van der Waals surface area (Å²) in [6, 6.07) is 1.20. The second-order valence-corrected chi connectivity index (χ2v) is 8.38. The van der Waals surface area contributed by atoms with Gasteiger partial charge in [-0.15, -0.1) is 0 Å². The van der Waals surface area contributed by atoms with Crippen LogP contribution in [0.4, 0.5) is 0 Å². The molecule has 144 valence electrons. The quantitative estimate of drug-likeness (QED) is 0.898. The van der Waals surface area contributed by atoms with Gasteiger partial charge in [-0.2, -0.15) is 5.10 Å². The van der Waals surface area contributed by atoms with Crippen LogP contribution >= 0.6 is 0 Å². The van der Waals surface area contributed by atoms with Crippen LogP contribution in [-0.2, 0) is 19.4 Å². The van der Waals surface area contributed by atoms with Crippen LogP contribution in [0.15, 0.2) is 0 Å². The lowest BCUT2D eigenvalue weighted by Crippen LogP contribution is -2.41. The molecule has 5 nitrogen and oxygen atoms in total. The van der Waals surface area contributed by atoms with Gasteiger partial charge in [0.25, 0.3) is 5.91 Å². The first kappa shape index (κ1) is 18.0. The van der Waals surface area contributed by atoms with Crippen LogP contribution in [0, 0.1) is 0 Å². The van der Waals surface area contributed by atoms with Gasteiger partial charge in [0.15, 0.2) is 5.69 Å². The van der Waals surface area contributed by atoms with Crippen molar-refractivity contribution in [3.8, 4) is 0 Å². The van der Waals surface area contributed by atoms with Crippen LogP contribution in [0.2, 0.25) is 0 Å². The largest absolute Gasteiger partial charge is 0.337 e. The first-order chi connectivity index (χ1) is 12.8. The van der Waals surface area contributed by atoms with Crippen LogP contribution in [-0.4, -0.2) is 45.8 Å². The number of hydrogen-bond donors (Lipinski definition) is 1. The molecule has 1 saturated carbocycles. The Bertz CT molecular complexity index is 624. The highest BCUT2D eigenvalue weighted by Crippen LogP contribution is 2.28. The Morgan fingerprint density at radius 3 is 2.46 bits per heavy atom. The highest BCUT2D eigenvalue weighted by atomic mass is 16.2. The number of amides is 1. The fourth-order valence-corrected chi connectivity index (χ4v) is 5.11. The van der Waals surface area contributed by atoms with Gasteiger partial charge in [0.2, 0.25) is 0 Å². The summed E-state index contributed by atoms with van der Waals surface area (Å²) in [6.07, 6.45) is 13.3. The van der Waals surface area contributed by atoms with E-state index in [-0.39, 0.29) is 5.91 Å².